The van der Waals surface area contributed by atoms with Crippen molar-refractivity contribution in [1.29, 1.82) is 0 Å². The maximum absolute atomic E-state index is 14.0. The molecule has 4 nitrogen and oxygen atoms in total. The molecule has 0 bridgehead atoms. The van der Waals surface area contributed by atoms with Crippen LogP contribution in [-0.4, -0.2) is 40.4 Å². The summed E-state index contributed by atoms with van der Waals surface area (Å²) in [5.41, 5.74) is 2.58. The Balaban J connectivity index is 1.74. The molecule has 1 saturated heterocycles. The van der Waals surface area contributed by atoms with Gasteiger partial charge < -0.3 is 10.2 Å². The van der Waals surface area contributed by atoms with Crippen LogP contribution in [0.3, 0.4) is 0 Å². The first-order valence-electron chi connectivity index (χ1n) is 9.06. The number of hydrogen-bond acceptors (Lipinski definition) is 4. The van der Waals surface area contributed by atoms with Crippen LogP contribution in [0.1, 0.15) is 15.9 Å². The van der Waals surface area contributed by atoms with Crippen LogP contribution in [-0.2, 0) is 6.54 Å². The maximum Gasteiger partial charge on any atom is 0.257 e. The van der Waals surface area contributed by atoms with Gasteiger partial charge in [-0.3, -0.25) is 9.78 Å². The van der Waals surface area contributed by atoms with Crippen LogP contribution in [0, 0.1) is 5.82 Å². The molecule has 1 aliphatic rings. The SMILES string of the molecule is O=C(c1cnc2ccc(F)cc2c1NCc1ccccc1Cl)N1CCSCC1. The van der Waals surface area contributed by atoms with Crippen molar-refractivity contribution >= 4 is 45.9 Å². The number of carbonyl (C=O) groups is 1. The van der Waals surface area contributed by atoms with E-state index in [1.807, 2.05) is 40.9 Å². The molecule has 3 aromatic rings. The first kappa shape index (κ1) is 19.0. The smallest absolute Gasteiger partial charge is 0.257 e. The Labute approximate surface area is 172 Å². The minimum Gasteiger partial charge on any atom is -0.380 e. The second-order valence-electron chi connectivity index (χ2n) is 6.56. The average Bonchev–Trinajstić information content (AvgIpc) is 2.73. The second kappa shape index (κ2) is 8.37. The third kappa shape index (κ3) is 3.93. The van der Waals surface area contributed by atoms with Crippen molar-refractivity contribution in [3.63, 3.8) is 0 Å². The Morgan fingerprint density at radius 1 is 1.21 bits per heavy atom. The molecule has 0 radical (unpaired) electrons. The Morgan fingerprint density at radius 3 is 2.79 bits per heavy atom. The number of hydrogen-bond donors (Lipinski definition) is 1. The molecule has 0 aliphatic carbocycles. The molecule has 1 amide bonds. The molecule has 0 unspecified atom stereocenters. The number of anilines is 1. The summed E-state index contributed by atoms with van der Waals surface area (Å²) in [6.45, 7) is 1.83. The number of thioether (sulfide) groups is 1. The van der Waals surface area contributed by atoms with Gasteiger partial charge in [-0.25, -0.2) is 4.39 Å². The fourth-order valence-corrected chi connectivity index (χ4v) is 4.39. The number of benzene rings is 2. The van der Waals surface area contributed by atoms with E-state index in [0.717, 1.165) is 17.1 Å². The number of amides is 1. The van der Waals surface area contributed by atoms with E-state index in [1.165, 1.54) is 12.1 Å². The van der Waals surface area contributed by atoms with Crippen molar-refractivity contribution in [2.24, 2.45) is 0 Å². The maximum atomic E-state index is 14.0. The van der Waals surface area contributed by atoms with E-state index in [9.17, 15) is 9.18 Å². The molecule has 0 atom stereocenters. The van der Waals surface area contributed by atoms with Crippen LogP contribution in [0.25, 0.3) is 10.9 Å². The third-order valence-corrected chi connectivity index (χ3v) is 6.08. The first-order chi connectivity index (χ1) is 13.6. The minimum atomic E-state index is -0.367. The van der Waals surface area contributed by atoms with Crippen LogP contribution in [0.2, 0.25) is 5.02 Å². The molecule has 1 aromatic heterocycles. The highest BCUT2D eigenvalue weighted by Gasteiger charge is 2.23. The summed E-state index contributed by atoms with van der Waals surface area (Å²) < 4.78 is 14.0. The molecule has 7 heteroatoms. The summed E-state index contributed by atoms with van der Waals surface area (Å²) in [6, 6.07) is 11.9. The van der Waals surface area contributed by atoms with E-state index in [2.05, 4.69) is 10.3 Å². The van der Waals surface area contributed by atoms with Crippen molar-refractivity contribution in [3.05, 3.63) is 70.6 Å². The summed E-state index contributed by atoms with van der Waals surface area (Å²) >= 11 is 8.11. The highest BCUT2D eigenvalue weighted by atomic mass is 35.5. The summed E-state index contributed by atoms with van der Waals surface area (Å²) in [4.78, 5) is 19.4. The monoisotopic (exact) mass is 415 g/mol. The molecule has 4 rings (SSSR count). The van der Waals surface area contributed by atoms with Gasteiger partial charge in [0.1, 0.15) is 5.82 Å². The van der Waals surface area contributed by atoms with Gasteiger partial charge in [-0.05, 0) is 29.8 Å². The lowest BCUT2D eigenvalue weighted by molar-refractivity contribution is 0.0773. The predicted octanol–water partition coefficient (Wildman–Crippen LogP) is 4.83. The molecular formula is C21H19ClFN3OS. The Kier molecular flexibility index (Phi) is 5.69. The lowest BCUT2D eigenvalue weighted by atomic mass is 10.1. The number of rotatable bonds is 4. The largest absolute Gasteiger partial charge is 0.380 e. The fraction of sp³-hybridized carbons (Fsp3) is 0.238. The summed E-state index contributed by atoms with van der Waals surface area (Å²) in [5, 5.41) is 4.54. The van der Waals surface area contributed by atoms with Crippen molar-refractivity contribution in [2.75, 3.05) is 29.9 Å². The van der Waals surface area contributed by atoms with Crippen LogP contribution in [0.4, 0.5) is 10.1 Å². The highest BCUT2D eigenvalue weighted by molar-refractivity contribution is 7.99. The van der Waals surface area contributed by atoms with Gasteiger partial charge in [0, 0.05) is 47.7 Å². The second-order valence-corrected chi connectivity index (χ2v) is 8.19. The lowest BCUT2D eigenvalue weighted by Crippen LogP contribution is -2.38. The van der Waals surface area contributed by atoms with Crippen LogP contribution in [0.5, 0.6) is 0 Å². The molecule has 144 valence electrons. The van der Waals surface area contributed by atoms with E-state index < -0.39 is 0 Å². The van der Waals surface area contributed by atoms with Gasteiger partial charge in [-0.1, -0.05) is 29.8 Å². The number of nitrogens with one attached hydrogen (secondary N) is 1. The van der Waals surface area contributed by atoms with Gasteiger partial charge >= 0.3 is 0 Å². The van der Waals surface area contributed by atoms with Crippen molar-refractivity contribution < 1.29 is 9.18 Å². The molecule has 1 aliphatic heterocycles. The molecular weight excluding hydrogens is 397 g/mol. The Bertz CT molecular complexity index is 1020. The zero-order chi connectivity index (χ0) is 19.5. The minimum absolute atomic E-state index is 0.0828. The van der Waals surface area contributed by atoms with E-state index in [4.69, 9.17) is 11.6 Å². The van der Waals surface area contributed by atoms with Crippen LogP contribution in [0.15, 0.2) is 48.7 Å². The van der Waals surface area contributed by atoms with Crippen LogP contribution < -0.4 is 5.32 Å². The zero-order valence-electron chi connectivity index (χ0n) is 15.1. The molecule has 2 heterocycles. The van der Waals surface area contributed by atoms with Gasteiger partial charge in [0.25, 0.3) is 5.91 Å². The normalized spacial score (nSPS) is 14.3. The van der Waals surface area contributed by atoms with E-state index in [-0.39, 0.29) is 11.7 Å². The number of pyridine rings is 1. The molecule has 1 N–H and O–H groups in total. The number of aromatic nitrogens is 1. The Hall–Kier alpha value is -2.31. The topological polar surface area (TPSA) is 45.2 Å². The van der Waals surface area contributed by atoms with Gasteiger partial charge in [0.05, 0.1) is 16.8 Å². The molecule has 0 spiro atoms. The van der Waals surface area contributed by atoms with E-state index in [0.29, 0.717) is 46.8 Å². The first-order valence-corrected chi connectivity index (χ1v) is 10.6. The van der Waals surface area contributed by atoms with Gasteiger partial charge in [0.15, 0.2) is 0 Å². The van der Waals surface area contributed by atoms with Crippen molar-refractivity contribution in [3.8, 4) is 0 Å². The van der Waals surface area contributed by atoms with Gasteiger partial charge in [-0.2, -0.15) is 11.8 Å². The predicted molar refractivity (Wildman–Crippen MR) is 114 cm³/mol. The Morgan fingerprint density at radius 2 is 2.00 bits per heavy atom. The van der Waals surface area contributed by atoms with Crippen molar-refractivity contribution in [2.45, 2.75) is 6.54 Å². The number of nitrogens with zero attached hydrogens (tertiary/aromatic N) is 2. The third-order valence-electron chi connectivity index (χ3n) is 4.77. The molecule has 0 saturated carbocycles. The number of fused-ring (bicyclic) bond motifs is 1. The van der Waals surface area contributed by atoms with Gasteiger partial charge in [-0.15, -0.1) is 0 Å². The highest BCUT2D eigenvalue weighted by Crippen LogP contribution is 2.29. The quantitative estimate of drug-likeness (QED) is 0.663. The average molecular weight is 416 g/mol. The molecule has 28 heavy (non-hydrogen) atoms. The summed E-state index contributed by atoms with van der Waals surface area (Å²) in [5.74, 6) is 1.39. The van der Waals surface area contributed by atoms with E-state index in [1.54, 1.807) is 12.3 Å². The molecule has 1 fully saturated rings. The lowest BCUT2D eigenvalue weighted by Gasteiger charge is -2.27. The summed E-state index contributed by atoms with van der Waals surface area (Å²) in [6.07, 6.45) is 1.58. The standard InChI is InChI=1S/C21H19ClFN3OS/c22-18-4-2-1-3-14(18)12-25-20-16-11-15(23)5-6-19(16)24-13-17(20)21(27)26-7-9-28-10-8-26/h1-6,11,13H,7-10,12H2,(H,24,25). The molecule has 2 aromatic carbocycles. The number of halogens is 2. The zero-order valence-corrected chi connectivity index (χ0v) is 16.7. The van der Waals surface area contributed by atoms with E-state index >= 15 is 0 Å². The van der Waals surface area contributed by atoms with Crippen LogP contribution >= 0.6 is 23.4 Å². The van der Waals surface area contributed by atoms with Crippen molar-refractivity contribution in [1.82, 2.24) is 9.88 Å². The number of carbonyl (C=O) groups excluding carboxylic acids is 1. The summed E-state index contributed by atoms with van der Waals surface area (Å²) in [7, 11) is 0. The van der Waals surface area contributed by atoms with Gasteiger partial charge in [0.2, 0.25) is 0 Å². The fourth-order valence-electron chi connectivity index (χ4n) is 3.28.